The number of hydrogen-bond donors (Lipinski definition) is 12. The highest BCUT2D eigenvalue weighted by atomic mass is 33.1. The largest absolute Gasteiger partial charge is 0.391 e. The molecule has 1 aliphatic rings. The zero-order valence-corrected chi connectivity index (χ0v) is 45.9. The van der Waals surface area contributed by atoms with Crippen molar-refractivity contribution in [1.82, 2.24) is 56.7 Å². The number of primary amides is 1. The Labute approximate surface area is 469 Å². The van der Waals surface area contributed by atoms with Gasteiger partial charge in [0.15, 0.2) is 0 Å². The number of unbranched alkanes of at least 4 members (excludes halogenated alkanes) is 1. The van der Waals surface area contributed by atoms with Crippen LogP contribution in [0.1, 0.15) is 48.4 Å². The van der Waals surface area contributed by atoms with Crippen molar-refractivity contribution in [2.75, 3.05) is 25.1 Å². The van der Waals surface area contributed by atoms with Crippen molar-refractivity contribution in [3.8, 4) is 0 Å². The van der Waals surface area contributed by atoms with Crippen LogP contribution in [0.4, 0.5) is 0 Å². The number of H-pyrrole nitrogens is 2. The number of aliphatic hydroxyl groups is 1. The molecule has 23 nitrogen and oxygen atoms in total. The molecular weight excluding hydrogens is 1060 g/mol. The monoisotopic (exact) mass is 1130 g/mol. The number of rotatable bonds is 18. The molecule has 1 aliphatic heterocycles. The van der Waals surface area contributed by atoms with Crippen LogP contribution in [0.25, 0.3) is 21.8 Å². The van der Waals surface area contributed by atoms with Gasteiger partial charge >= 0.3 is 0 Å². The molecule has 424 valence electrons. The van der Waals surface area contributed by atoms with Crippen LogP contribution in [-0.2, 0) is 64.0 Å². The molecule has 15 N–H and O–H groups in total. The van der Waals surface area contributed by atoms with E-state index >= 15 is 4.79 Å². The second kappa shape index (κ2) is 28.9. The number of hydrogen-bond acceptors (Lipinski definition) is 15. The van der Waals surface area contributed by atoms with Crippen LogP contribution in [-0.4, -0.2) is 157 Å². The van der Waals surface area contributed by atoms with E-state index in [0.717, 1.165) is 48.3 Å². The summed E-state index contributed by atoms with van der Waals surface area (Å²) >= 11 is 0. The molecule has 80 heavy (non-hydrogen) atoms. The summed E-state index contributed by atoms with van der Waals surface area (Å²) in [5, 5.41) is 29.1. The maximum absolute atomic E-state index is 15.1. The van der Waals surface area contributed by atoms with E-state index in [1.165, 1.54) is 20.2 Å². The molecule has 9 atom stereocenters. The Morgan fingerprint density at radius 1 is 0.738 bits per heavy atom. The van der Waals surface area contributed by atoms with E-state index < -0.39 is 102 Å². The number of pyridine rings is 2. The van der Waals surface area contributed by atoms with Gasteiger partial charge in [0.2, 0.25) is 47.3 Å². The normalized spacial score (nSPS) is 21.3. The predicted octanol–water partition coefficient (Wildman–Crippen LogP) is 0.163. The Morgan fingerprint density at radius 2 is 1.36 bits per heavy atom. The van der Waals surface area contributed by atoms with Crippen molar-refractivity contribution in [3.05, 3.63) is 132 Å². The number of nitrogens with zero attached hydrogens (tertiary/aromatic N) is 3. The van der Waals surface area contributed by atoms with E-state index in [4.69, 9.17) is 17.2 Å². The summed E-state index contributed by atoms with van der Waals surface area (Å²) in [6, 6.07) is 10.4. The third kappa shape index (κ3) is 16.1. The molecule has 1 saturated heterocycles. The predicted molar refractivity (Wildman–Crippen MR) is 305 cm³/mol. The van der Waals surface area contributed by atoms with E-state index in [2.05, 4.69) is 51.8 Å². The lowest BCUT2D eigenvalue weighted by Crippen LogP contribution is -2.62. The quantitative estimate of drug-likeness (QED) is 0.0403. The highest BCUT2D eigenvalue weighted by molar-refractivity contribution is 8.76. The van der Waals surface area contributed by atoms with E-state index in [1.807, 2.05) is 48.5 Å². The van der Waals surface area contributed by atoms with E-state index in [-0.39, 0.29) is 50.2 Å². The Balaban J connectivity index is 1.26. The third-order valence-electron chi connectivity index (χ3n) is 13.7. The molecule has 6 aromatic rings. The molecule has 7 rings (SSSR count). The number of benzene rings is 2. The van der Waals surface area contributed by atoms with Crippen LogP contribution >= 0.6 is 21.6 Å². The van der Waals surface area contributed by atoms with Crippen molar-refractivity contribution in [2.45, 2.75) is 106 Å². The second-order valence-corrected chi connectivity index (χ2v) is 22.2. The molecule has 0 aliphatic carbocycles. The van der Waals surface area contributed by atoms with Gasteiger partial charge < -0.3 is 69.1 Å². The van der Waals surface area contributed by atoms with Crippen LogP contribution in [0.3, 0.4) is 0 Å². The van der Waals surface area contributed by atoms with Crippen molar-refractivity contribution in [3.63, 3.8) is 0 Å². The lowest BCUT2D eigenvalue weighted by Gasteiger charge is -2.33. The third-order valence-corrected chi connectivity index (χ3v) is 16.1. The number of nitrogens with one attached hydrogen (secondary N) is 8. The summed E-state index contributed by atoms with van der Waals surface area (Å²) in [6.07, 6.45) is 8.69. The summed E-state index contributed by atoms with van der Waals surface area (Å²) in [7, 11) is 3.42. The fraction of sp³-hybridized carbons (Fsp3) is 0.382. The number of fused-ring (bicyclic) bond motifs is 2. The van der Waals surface area contributed by atoms with Gasteiger partial charge in [0, 0.05) is 96.8 Å². The summed E-state index contributed by atoms with van der Waals surface area (Å²) in [4.78, 5) is 131. The average molecular weight is 1130 g/mol. The number of likely N-dealkylation sites (N-methyl/N-ethyl adjacent to an activating group) is 1. The van der Waals surface area contributed by atoms with Gasteiger partial charge in [-0.25, -0.2) is 0 Å². The van der Waals surface area contributed by atoms with Crippen molar-refractivity contribution in [1.29, 1.82) is 0 Å². The molecule has 8 amide bonds. The van der Waals surface area contributed by atoms with Gasteiger partial charge in [-0.05, 0) is 85.7 Å². The van der Waals surface area contributed by atoms with Crippen LogP contribution in [0.5, 0.6) is 0 Å². The molecule has 0 spiro atoms. The van der Waals surface area contributed by atoms with E-state index in [9.17, 15) is 38.7 Å². The number of aromatic amines is 2. The number of carbonyl (C=O) groups excluding carboxylic acids is 8. The maximum atomic E-state index is 15.1. The standard InChI is InChI=1S/C55H68N14O9S2/c1-31(70)47-54(77)67-45(51(74)63-41(48(58)71)23-34-27-61-39-15-5-3-13-36(34)39)30-80-79-29-44(66-49(72)38(57)21-32-11-9-19-59-25-32)52(75)64-42(22-33-12-10-20-60-26-33)50(73)65-43(24-35-28-62-40-16-6-4-14-37(35)40)55(78)69(2)46(53(76)68-47)17-7-8-18-56/h3-6,9-16,19-20,25-28,31,38,41-47,61-62,70H,7-8,17-18,21-24,29-30,56-57H2,1-2H3,(H2,58,71)(H,63,74)(H,64,75)(H,65,73)(H,66,72)(H,67,77)(H,68,76)/t31-,38+,41-,42+,43?,44?,45?,46+,47+/m1/s1. The highest BCUT2D eigenvalue weighted by Gasteiger charge is 2.39. The first kappa shape index (κ1) is 59.8. The maximum Gasteiger partial charge on any atom is 0.245 e. The number of aliphatic hydroxyl groups excluding tert-OH is 1. The Kier molecular flexibility index (Phi) is 21.6. The van der Waals surface area contributed by atoms with Gasteiger partial charge in [-0.15, -0.1) is 0 Å². The number of carbonyl (C=O) groups is 8. The van der Waals surface area contributed by atoms with Crippen LogP contribution in [0.2, 0.25) is 0 Å². The highest BCUT2D eigenvalue weighted by Crippen LogP contribution is 2.25. The first-order chi connectivity index (χ1) is 38.5. The zero-order chi connectivity index (χ0) is 57.3. The Bertz CT molecular complexity index is 3110. The van der Waals surface area contributed by atoms with Gasteiger partial charge in [-0.1, -0.05) is 70.1 Å². The average Bonchev–Trinajstić information content (AvgIpc) is 4.09. The van der Waals surface area contributed by atoms with Crippen LogP contribution in [0.15, 0.2) is 110 Å². The molecule has 25 heteroatoms. The minimum absolute atomic E-state index is 0.0281. The van der Waals surface area contributed by atoms with Gasteiger partial charge in [0.25, 0.3) is 0 Å². The number of aromatic nitrogens is 4. The summed E-state index contributed by atoms with van der Waals surface area (Å²) in [6.45, 7) is 1.52. The van der Waals surface area contributed by atoms with Crippen LogP contribution < -0.4 is 49.1 Å². The van der Waals surface area contributed by atoms with Crippen molar-refractivity contribution in [2.24, 2.45) is 17.2 Å². The first-order valence-electron chi connectivity index (χ1n) is 26.1. The van der Waals surface area contributed by atoms with Gasteiger partial charge in [0.05, 0.1) is 12.1 Å². The lowest BCUT2D eigenvalue weighted by molar-refractivity contribution is -0.143. The number of nitrogens with two attached hydrogens (primary N) is 3. The second-order valence-electron chi connectivity index (χ2n) is 19.6. The lowest BCUT2D eigenvalue weighted by atomic mass is 10.00. The smallest absolute Gasteiger partial charge is 0.245 e. The zero-order valence-electron chi connectivity index (χ0n) is 44.3. The molecule has 0 saturated carbocycles. The summed E-state index contributed by atoms with van der Waals surface area (Å²) in [5.41, 5.74) is 22.2. The van der Waals surface area contributed by atoms with Crippen molar-refractivity contribution < 1.29 is 43.5 Å². The topological polar surface area (TPSA) is 368 Å². The van der Waals surface area contributed by atoms with Crippen LogP contribution in [0, 0.1) is 0 Å². The Morgan fingerprint density at radius 3 is 2.00 bits per heavy atom. The fourth-order valence-corrected chi connectivity index (χ4v) is 11.6. The molecule has 5 heterocycles. The van der Waals surface area contributed by atoms with Crippen molar-refractivity contribution >= 4 is 90.7 Å². The molecule has 1 fully saturated rings. The Hall–Kier alpha value is -7.84. The molecule has 2 aromatic carbocycles. The molecular formula is C55H68N14O9S2. The van der Waals surface area contributed by atoms with E-state index in [0.29, 0.717) is 35.1 Å². The number of para-hydroxylation sites is 2. The van der Waals surface area contributed by atoms with Gasteiger partial charge in [-0.2, -0.15) is 0 Å². The van der Waals surface area contributed by atoms with Gasteiger partial charge in [-0.3, -0.25) is 48.3 Å². The molecule has 4 aromatic heterocycles. The SMILES string of the molecule is C[C@@H](O)[C@@H]1NC(=O)[C@H](CCCCN)N(C)C(=O)C(Cc2c[nH]c3ccccc23)NC(=O)[C@H](Cc2cccnc2)NC(=O)C(NC(=O)[C@@H](N)Cc2cccnc2)CSSCC(C(=O)N[C@H](Cc2c[nH]c3ccccc23)C(N)=O)NC1=O. The minimum atomic E-state index is -1.70. The minimum Gasteiger partial charge on any atom is -0.391 e. The van der Waals surface area contributed by atoms with Gasteiger partial charge in [0.1, 0.15) is 42.3 Å². The first-order valence-corrected chi connectivity index (χ1v) is 28.6. The fourth-order valence-electron chi connectivity index (χ4n) is 9.29. The molecule has 0 bridgehead atoms. The number of amides is 8. The molecule has 3 unspecified atom stereocenters. The molecule has 0 radical (unpaired) electrons. The van der Waals surface area contributed by atoms with E-state index in [1.54, 1.807) is 55.2 Å². The summed E-state index contributed by atoms with van der Waals surface area (Å²) in [5.74, 6) is -7.01. The summed E-state index contributed by atoms with van der Waals surface area (Å²) < 4.78 is 0.